The van der Waals surface area contributed by atoms with Crippen LogP contribution < -0.4 is 0 Å². The summed E-state index contributed by atoms with van der Waals surface area (Å²) in [6, 6.07) is 15.7. The first-order chi connectivity index (χ1) is 22.8. The molecule has 1 N–H and O–H groups in total. The Morgan fingerprint density at radius 2 is 1.55 bits per heavy atom. The zero-order valence-electron chi connectivity index (χ0n) is 31.0. The topological polar surface area (TPSA) is 89.9 Å². The Morgan fingerprint density at radius 1 is 0.939 bits per heavy atom. The highest BCUT2D eigenvalue weighted by molar-refractivity contribution is 6.00. The minimum atomic E-state index is -0.970. The normalized spacial score (nSPS) is 32.7. The highest BCUT2D eigenvalue weighted by Gasteiger charge is 2.69. The third-order valence-electron chi connectivity index (χ3n) is 12.6. The quantitative estimate of drug-likeness (QED) is 0.246. The predicted octanol–water partition coefficient (Wildman–Crippen LogP) is 8.40. The van der Waals surface area contributed by atoms with Crippen molar-refractivity contribution in [2.45, 2.75) is 117 Å². The van der Waals surface area contributed by atoms with E-state index in [9.17, 15) is 19.5 Å². The molecule has 49 heavy (non-hydrogen) atoms. The number of hydrogen-bond acceptors (Lipinski definition) is 6. The molecule has 1 heterocycles. The van der Waals surface area contributed by atoms with Crippen LogP contribution in [0.25, 0.3) is 11.1 Å². The summed E-state index contributed by atoms with van der Waals surface area (Å²) in [5, 5.41) is 11.5. The van der Waals surface area contributed by atoms with Crippen LogP contribution in [0, 0.1) is 28.6 Å². The van der Waals surface area contributed by atoms with Gasteiger partial charge in [-0.25, -0.2) is 0 Å². The largest absolute Gasteiger partial charge is 0.469 e. The molecule has 0 spiro atoms. The summed E-state index contributed by atoms with van der Waals surface area (Å²) >= 11 is 0. The Bertz CT molecular complexity index is 1700. The maximum atomic E-state index is 13.7. The van der Waals surface area contributed by atoms with E-state index in [0.717, 1.165) is 16.7 Å². The van der Waals surface area contributed by atoms with E-state index in [1.54, 1.807) is 6.08 Å². The number of hydrogen-bond donors (Lipinski definition) is 1. The molecule has 1 saturated carbocycles. The summed E-state index contributed by atoms with van der Waals surface area (Å²) in [5.74, 6) is -1.56. The van der Waals surface area contributed by atoms with Gasteiger partial charge < -0.3 is 14.6 Å². The number of aliphatic hydroxyl groups is 1. The molecule has 4 aliphatic rings. The van der Waals surface area contributed by atoms with Crippen molar-refractivity contribution in [3.63, 3.8) is 0 Å². The second-order valence-corrected chi connectivity index (χ2v) is 17.7. The molecular weight excluding hydrogens is 612 g/mol. The minimum Gasteiger partial charge on any atom is -0.469 e. The molecule has 0 unspecified atom stereocenters. The van der Waals surface area contributed by atoms with Gasteiger partial charge in [-0.05, 0) is 95.2 Å². The van der Waals surface area contributed by atoms with Gasteiger partial charge in [0.2, 0.25) is 0 Å². The van der Waals surface area contributed by atoms with Crippen molar-refractivity contribution < 1.29 is 29.0 Å². The van der Waals surface area contributed by atoms with E-state index in [2.05, 4.69) is 90.9 Å². The second-order valence-electron chi connectivity index (χ2n) is 17.7. The standard InChI is InChI=1S/C43H54O6/c1-24-31(26-13-11-25(12-14-26)27-17-29(40(2,3)4)21-30(18-27)41(5,6)7)22-34(44)32(24)19-28-20-35-38-42(8,39(47)49-35)16-15-36(45)43(38,9)33(28)23-37(46)48-10/h11-18,21,28,31,33-35,38,44H,19-20,22-23H2,1-10H3/t28-,31-,33+,34+,35+,38+,42-,43+/m1/s1. The van der Waals surface area contributed by atoms with E-state index in [1.807, 2.05) is 13.8 Å². The van der Waals surface area contributed by atoms with Crippen molar-refractivity contribution in [3.05, 3.63) is 82.5 Å². The SMILES string of the molecule is COC(=O)C[C@H]1[C@H](CC2=C(C)[C@H](c3ccc(-c4cc(C(C)(C)C)cc(C(C)(C)C)c4)cc3)C[C@@H]2O)C[C@@H]2OC(=O)[C@]3(C)C=CC(=O)[C@@]1(C)[C@@H]23. The first-order valence-corrected chi connectivity index (χ1v) is 17.9. The lowest BCUT2D eigenvalue weighted by atomic mass is 9.46. The Kier molecular flexibility index (Phi) is 8.70. The van der Waals surface area contributed by atoms with E-state index < -0.39 is 23.0 Å². The van der Waals surface area contributed by atoms with Crippen molar-refractivity contribution in [2.24, 2.45) is 28.6 Å². The Hall–Kier alpha value is -3.51. The molecule has 6 nitrogen and oxygen atoms in total. The zero-order chi connectivity index (χ0) is 35.8. The molecule has 262 valence electrons. The third kappa shape index (κ3) is 5.92. The second kappa shape index (κ2) is 12.1. The van der Waals surface area contributed by atoms with Gasteiger partial charge in [-0.3, -0.25) is 14.4 Å². The smallest absolute Gasteiger partial charge is 0.316 e. The highest BCUT2D eigenvalue weighted by atomic mass is 16.6. The summed E-state index contributed by atoms with van der Waals surface area (Å²) < 4.78 is 11.1. The third-order valence-corrected chi connectivity index (χ3v) is 12.6. The van der Waals surface area contributed by atoms with E-state index in [-0.39, 0.29) is 58.6 Å². The first-order valence-electron chi connectivity index (χ1n) is 17.9. The summed E-state index contributed by atoms with van der Waals surface area (Å²) in [5.41, 5.74) is 6.45. The molecule has 0 radical (unpaired) electrons. The number of aliphatic hydroxyl groups excluding tert-OH is 1. The monoisotopic (exact) mass is 666 g/mol. The number of allylic oxidation sites excluding steroid dienone is 2. The van der Waals surface area contributed by atoms with Crippen molar-refractivity contribution in [1.29, 1.82) is 0 Å². The van der Waals surface area contributed by atoms with Crippen LogP contribution in [0.5, 0.6) is 0 Å². The van der Waals surface area contributed by atoms with E-state index in [4.69, 9.17) is 9.47 Å². The molecule has 0 aromatic heterocycles. The molecule has 2 aromatic rings. The molecule has 0 bridgehead atoms. The lowest BCUT2D eigenvalue weighted by molar-refractivity contribution is -0.156. The highest BCUT2D eigenvalue weighted by Crippen LogP contribution is 2.64. The molecule has 2 aromatic carbocycles. The molecule has 0 amide bonds. The van der Waals surface area contributed by atoms with Gasteiger partial charge in [0.05, 0.1) is 18.6 Å². The predicted molar refractivity (Wildman–Crippen MR) is 192 cm³/mol. The number of esters is 2. The number of ether oxygens (including phenoxy) is 2. The molecule has 1 saturated heterocycles. The molecule has 1 aliphatic heterocycles. The van der Waals surface area contributed by atoms with Crippen LogP contribution in [0.4, 0.5) is 0 Å². The van der Waals surface area contributed by atoms with Crippen LogP contribution in [-0.4, -0.2) is 42.1 Å². The Morgan fingerprint density at radius 3 is 2.12 bits per heavy atom. The maximum absolute atomic E-state index is 13.7. The Labute approximate surface area is 292 Å². The van der Waals surface area contributed by atoms with Crippen molar-refractivity contribution in [3.8, 4) is 11.1 Å². The van der Waals surface area contributed by atoms with E-state index in [0.29, 0.717) is 19.3 Å². The molecule has 8 atom stereocenters. The van der Waals surface area contributed by atoms with Gasteiger partial charge in [-0.2, -0.15) is 0 Å². The van der Waals surface area contributed by atoms with Gasteiger partial charge in [0.25, 0.3) is 0 Å². The van der Waals surface area contributed by atoms with Crippen molar-refractivity contribution in [1.82, 2.24) is 0 Å². The first kappa shape index (κ1) is 35.3. The lowest BCUT2D eigenvalue weighted by Crippen LogP contribution is -2.58. The number of rotatable bonds is 6. The lowest BCUT2D eigenvalue weighted by Gasteiger charge is -2.54. The number of carbonyl (C=O) groups is 3. The molecule has 2 fully saturated rings. The average Bonchev–Trinajstić information content (AvgIpc) is 3.46. The van der Waals surface area contributed by atoms with Gasteiger partial charge in [0, 0.05) is 23.7 Å². The number of methoxy groups -OCH3 is 1. The van der Waals surface area contributed by atoms with Crippen molar-refractivity contribution >= 4 is 17.7 Å². The fraction of sp³-hybridized carbons (Fsp3) is 0.558. The molecule has 6 heteroatoms. The summed E-state index contributed by atoms with van der Waals surface area (Å²) in [7, 11) is 1.37. The molecule has 3 aliphatic carbocycles. The molecular formula is C43H54O6. The zero-order valence-corrected chi connectivity index (χ0v) is 31.0. The minimum absolute atomic E-state index is 0.0286. The van der Waals surface area contributed by atoms with Crippen molar-refractivity contribution in [2.75, 3.05) is 7.11 Å². The van der Waals surface area contributed by atoms with Gasteiger partial charge in [0.15, 0.2) is 5.78 Å². The van der Waals surface area contributed by atoms with Crippen LogP contribution in [-0.2, 0) is 34.7 Å². The van der Waals surface area contributed by atoms with Crippen LogP contribution >= 0.6 is 0 Å². The van der Waals surface area contributed by atoms with E-state index in [1.165, 1.54) is 35.4 Å². The maximum Gasteiger partial charge on any atom is 0.316 e. The van der Waals surface area contributed by atoms with Crippen LogP contribution in [0.1, 0.15) is 111 Å². The van der Waals surface area contributed by atoms with Crippen LogP contribution in [0.15, 0.2) is 65.8 Å². The number of ketones is 1. The fourth-order valence-electron chi connectivity index (χ4n) is 9.59. The average molecular weight is 667 g/mol. The fourth-order valence-corrected chi connectivity index (χ4v) is 9.59. The van der Waals surface area contributed by atoms with Gasteiger partial charge in [0.1, 0.15) is 6.10 Å². The summed E-state index contributed by atoms with van der Waals surface area (Å²) in [4.78, 5) is 39.7. The van der Waals surface area contributed by atoms with Crippen LogP contribution in [0.3, 0.4) is 0 Å². The number of benzene rings is 2. The van der Waals surface area contributed by atoms with E-state index >= 15 is 0 Å². The Balaban J connectivity index is 1.31. The summed E-state index contributed by atoms with van der Waals surface area (Å²) in [6.07, 6.45) is 3.89. The molecule has 6 rings (SSSR count). The summed E-state index contributed by atoms with van der Waals surface area (Å²) in [6.45, 7) is 19.4. The van der Waals surface area contributed by atoms with Gasteiger partial charge in [-0.1, -0.05) is 103 Å². The number of carbonyl (C=O) groups excluding carboxylic acids is 3. The van der Waals surface area contributed by atoms with Gasteiger partial charge in [-0.15, -0.1) is 0 Å². The van der Waals surface area contributed by atoms with Crippen LogP contribution in [0.2, 0.25) is 0 Å². The van der Waals surface area contributed by atoms with Gasteiger partial charge >= 0.3 is 11.9 Å².